The van der Waals surface area contributed by atoms with Gasteiger partial charge in [0.1, 0.15) is 24.7 Å². The molecule has 1 aromatic heterocycles. The van der Waals surface area contributed by atoms with Crippen LogP contribution in [0.5, 0.6) is 11.5 Å². The summed E-state index contributed by atoms with van der Waals surface area (Å²) in [5.41, 5.74) is 0.725. The zero-order chi connectivity index (χ0) is 27.8. The van der Waals surface area contributed by atoms with Crippen LogP contribution in [0.4, 0.5) is 0 Å². The Morgan fingerprint density at radius 2 is 1.00 bits per heavy atom. The normalized spacial score (nSPS) is 11.4. The number of unbranched alkanes of at least 4 members (excludes halogenated alkanes) is 14. The SMILES string of the molecule is CCCCCCCCCCOCCOc1cc2ncnc(Cl)c2cc1OCCOCCCCCCCCCC. The van der Waals surface area contributed by atoms with Gasteiger partial charge in [0, 0.05) is 24.7 Å². The average molecular weight is 565 g/mol. The van der Waals surface area contributed by atoms with Gasteiger partial charge >= 0.3 is 0 Å². The summed E-state index contributed by atoms with van der Waals surface area (Å²) in [6.45, 7) is 8.04. The lowest BCUT2D eigenvalue weighted by Crippen LogP contribution is -2.11. The van der Waals surface area contributed by atoms with Crippen molar-refractivity contribution in [2.24, 2.45) is 0 Å². The first-order valence-electron chi connectivity index (χ1n) is 15.6. The van der Waals surface area contributed by atoms with Crippen molar-refractivity contribution in [2.75, 3.05) is 39.6 Å². The molecule has 0 bridgehead atoms. The molecule has 39 heavy (non-hydrogen) atoms. The van der Waals surface area contributed by atoms with Crippen LogP contribution in [0.3, 0.4) is 0 Å². The molecule has 0 radical (unpaired) electrons. The topological polar surface area (TPSA) is 62.7 Å². The second kappa shape index (κ2) is 23.1. The van der Waals surface area contributed by atoms with Crippen molar-refractivity contribution in [2.45, 2.75) is 117 Å². The lowest BCUT2D eigenvalue weighted by atomic mass is 10.1. The van der Waals surface area contributed by atoms with Crippen LogP contribution in [0.25, 0.3) is 10.9 Å². The van der Waals surface area contributed by atoms with Crippen LogP contribution >= 0.6 is 11.6 Å². The molecule has 2 rings (SSSR count). The fourth-order valence-corrected chi connectivity index (χ4v) is 4.75. The Hall–Kier alpha value is -1.63. The highest BCUT2D eigenvalue weighted by Gasteiger charge is 2.12. The highest BCUT2D eigenvalue weighted by atomic mass is 35.5. The van der Waals surface area contributed by atoms with Crippen molar-refractivity contribution in [3.63, 3.8) is 0 Å². The van der Waals surface area contributed by atoms with Crippen molar-refractivity contribution in [1.82, 2.24) is 9.97 Å². The van der Waals surface area contributed by atoms with Gasteiger partial charge in [-0.25, -0.2) is 9.97 Å². The van der Waals surface area contributed by atoms with Gasteiger partial charge in [-0.1, -0.05) is 115 Å². The summed E-state index contributed by atoms with van der Waals surface area (Å²) in [5.74, 6) is 1.26. The van der Waals surface area contributed by atoms with Crippen molar-refractivity contribution < 1.29 is 18.9 Å². The first-order chi connectivity index (χ1) is 19.3. The summed E-state index contributed by atoms with van der Waals surface area (Å²) in [4.78, 5) is 8.42. The van der Waals surface area contributed by atoms with Crippen LogP contribution in [-0.2, 0) is 9.47 Å². The van der Waals surface area contributed by atoms with Crippen molar-refractivity contribution in [1.29, 1.82) is 0 Å². The first kappa shape index (κ1) is 33.6. The van der Waals surface area contributed by atoms with Crippen LogP contribution in [0, 0.1) is 0 Å². The number of aromatic nitrogens is 2. The monoisotopic (exact) mass is 564 g/mol. The van der Waals surface area contributed by atoms with Crippen LogP contribution in [0.2, 0.25) is 5.15 Å². The van der Waals surface area contributed by atoms with Gasteiger partial charge in [0.15, 0.2) is 11.5 Å². The van der Waals surface area contributed by atoms with Crippen LogP contribution in [0.15, 0.2) is 18.5 Å². The van der Waals surface area contributed by atoms with Crippen LogP contribution in [-0.4, -0.2) is 49.6 Å². The molecule has 0 atom stereocenters. The number of ether oxygens (including phenoxy) is 4. The molecule has 0 N–H and O–H groups in total. The summed E-state index contributed by atoms with van der Waals surface area (Å²) in [5, 5.41) is 1.14. The molecule has 0 saturated carbocycles. The van der Waals surface area contributed by atoms with E-state index >= 15 is 0 Å². The molecular weight excluding hydrogens is 512 g/mol. The quantitative estimate of drug-likeness (QED) is 0.0837. The standard InChI is InChI=1S/C32H53ClN2O4/c1-3-5-7-9-11-13-15-17-19-36-21-23-38-30-25-28-29(34-27-35-32(28)33)26-31(30)39-24-22-37-20-18-16-14-12-10-8-6-4-2/h25-27H,3-24H2,1-2H3. The Bertz CT molecular complexity index is 867. The maximum absolute atomic E-state index is 6.30. The molecule has 0 aliphatic rings. The van der Waals surface area contributed by atoms with Gasteiger partial charge in [-0.2, -0.15) is 0 Å². The minimum Gasteiger partial charge on any atom is -0.487 e. The fourth-order valence-electron chi connectivity index (χ4n) is 4.56. The second-order valence-corrected chi connectivity index (χ2v) is 10.7. The second-order valence-electron chi connectivity index (χ2n) is 10.4. The third-order valence-corrected chi connectivity index (χ3v) is 7.21. The number of halogens is 1. The molecule has 0 aliphatic carbocycles. The number of rotatable bonds is 26. The minimum absolute atomic E-state index is 0.399. The van der Waals surface area contributed by atoms with Gasteiger partial charge in [-0.05, 0) is 18.9 Å². The van der Waals surface area contributed by atoms with E-state index in [1.807, 2.05) is 12.1 Å². The van der Waals surface area contributed by atoms with E-state index in [0.29, 0.717) is 43.1 Å². The fraction of sp³-hybridized carbons (Fsp3) is 0.750. The molecule has 2 aromatic rings. The predicted octanol–water partition coefficient (Wildman–Crippen LogP) is 9.36. The lowest BCUT2D eigenvalue weighted by Gasteiger charge is -2.14. The van der Waals surface area contributed by atoms with Crippen molar-refractivity contribution in [3.05, 3.63) is 23.6 Å². The summed E-state index contributed by atoms with van der Waals surface area (Å²) < 4.78 is 23.7. The van der Waals surface area contributed by atoms with Gasteiger partial charge in [0.2, 0.25) is 0 Å². The number of nitrogens with zero attached hydrogens (tertiary/aromatic N) is 2. The van der Waals surface area contributed by atoms with E-state index in [1.165, 1.54) is 96.2 Å². The maximum Gasteiger partial charge on any atom is 0.163 e. The van der Waals surface area contributed by atoms with E-state index in [1.54, 1.807) is 0 Å². The Balaban J connectivity index is 1.65. The summed E-state index contributed by atoms with van der Waals surface area (Å²) >= 11 is 6.30. The molecule has 0 fully saturated rings. The van der Waals surface area contributed by atoms with Crippen LogP contribution < -0.4 is 9.47 Å². The summed E-state index contributed by atoms with van der Waals surface area (Å²) in [6.07, 6.45) is 22.2. The molecule has 222 valence electrons. The Labute approximate surface area is 242 Å². The predicted molar refractivity (Wildman–Crippen MR) is 162 cm³/mol. The summed E-state index contributed by atoms with van der Waals surface area (Å²) in [7, 11) is 0. The molecule has 0 saturated heterocycles. The molecule has 0 unspecified atom stereocenters. The van der Waals surface area contributed by atoms with Gasteiger partial charge in [0.25, 0.3) is 0 Å². The van der Waals surface area contributed by atoms with Gasteiger partial charge in [0.05, 0.1) is 18.7 Å². The third-order valence-electron chi connectivity index (χ3n) is 6.91. The lowest BCUT2D eigenvalue weighted by molar-refractivity contribution is 0.0884. The minimum atomic E-state index is 0.399. The number of hydrogen-bond donors (Lipinski definition) is 0. The molecule has 0 aliphatic heterocycles. The van der Waals surface area contributed by atoms with E-state index in [-0.39, 0.29) is 0 Å². The average Bonchev–Trinajstić information content (AvgIpc) is 2.94. The zero-order valence-corrected chi connectivity index (χ0v) is 25.4. The zero-order valence-electron chi connectivity index (χ0n) is 24.7. The van der Waals surface area contributed by atoms with Crippen LogP contribution in [0.1, 0.15) is 117 Å². The Morgan fingerprint density at radius 3 is 1.51 bits per heavy atom. The van der Waals surface area contributed by atoms with E-state index in [0.717, 1.165) is 37.0 Å². The molecule has 1 aromatic carbocycles. The van der Waals surface area contributed by atoms with Gasteiger partial charge in [-0.3, -0.25) is 0 Å². The van der Waals surface area contributed by atoms with Crippen molar-refractivity contribution >= 4 is 22.5 Å². The Morgan fingerprint density at radius 1 is 0.538 bits per heavy atom. The largest absolute Gasteiger partial charge is 0.487 e. The first-order valence-corrected chi connectivity index (χ1v) is 16.0. The number of fused-ring (bicyclic) bond motifs is 1. The molecule has 1 heterocycles. The Kier molecular flexibility index (Phi) is 19.9. The third kappa shape index (κ3) is 15.7. The van der Waals surface area contributed by atoms with E-state index < -0.39 is 0 Å². The molecule has 6 nitrogen and oxygen atoms in total. The van der Waals surface area contributed by atoms with E-state index in [9.17, 15) is 0 Å². The highest BCUT2D eigenvalue weighted by molar-refractivity contribution is 6.34. The summed E-state index contributed by atoms with van der Waals surface area (Å²) in [6, 6.07) is 3.71. The molecule has 7 heteroatoms. The van der Waals surface area contributed by atoms with E-state index in [2.05, 4.69) is 23.8 Å². The molecular formula is C32H53ClN2O4. The smallest absolute Gasteiger partial charge is 0.163 e. The molecule has 0 amide bonds. The maximum atomic E-state index is 6.30. The number of benzene rings is 1. The van der Waals surface area contributed by atoms with Gasteiger partial charge in [-0.15, -0.1) is 0 Å². The highest BCUT2D eigenvalue weighted by Crippen LogP contribution is 2.34. The van der Waals surface area contributed by atoms with E-state index in [4.69, 9.17) is 30.5 Å². The van der Waals surface area contributed by atoms with Gasteiger partial charge < -0.3 is 18.9 Å². The van der Waals surface area contributed by atoms with Crippen molar-refractivity contribution in [3.8, 4) is 11.5 Å². The molecule has 0 spiro atoms. The number of hydrogen-bond acceptors (Lipinski definition) is 6.